The number of rotatable bonds is 3. The highest BCUT2D eigenvalue weighted by Gasteiger charge is 2.31. The third-order valence-electron chi connectivity index (χ3n) is 3.78. The normalized spacial score (nSPS) is 22.5. The third-order valence-corrected chi connectivity index (χ3v) is 5.61. The summed E-state index contributed by atoms with van der Waals surface area (Å²) in [5.41, 5.74) is 10.5. The van der Waals surface area contributed by atoms with Gasteiger partial charge in [0.25, 0.3) is 5.91 Å². The Hall–Kier alpha value is -1.93. The van der Waals surface area contributed by atoms with Crippen LogP contribution in [0.3, 0.4) is 0 Å². The Morgan fingerprint density at radius 3 is 2.39 bits per heavy atom. The van der Waals surface area contributed by atoms with Gasteiger partial charge in [-0.15, -0.1) is 0 Å². The number of aliphatic imine (C=N–C) groups is 1. The van der Waals surface area contributed by atoms with Gasteiger partial charge < -0.3 is 11.5 Å². The molecule has 1 aliphatic heterocycles. The quantitative estimate of drug-likeness (QED) is 0.623. The van der Waals surface area contributed by atoms with Crippen LogP contribution in [-0.2, 0) is 10.0 Å². The number of piperidine rings is 1. The summed E-state index contributed by atoms with van der Waals surface area (Å²) >= 11 is 0. The molecule has 1 aromatic rings. The minimum Gasteiger partial charge on any atom is -0.370 e. The van der Waals surface area contributed by atoms with E-state index < -0.39 is 15.9 Å². The van der Waals surface area contributed by atoms with Crippen LogP contribution in [0.15, 0.2) is 34.2 Å². The SMILES string of the molecule is CC1CC(C)CN(S(=O)(=O)c2cccc(C(=O)N=C(N)N)c2)C1. The van der Waals surface area contributed by atoms with E-state index in [1.165, 1.54) is 28.6 Å². The zero-order valence-electron chi connectivity index (χ0n) is 13.3. The van der Waals surface area contributed by atoms with Gasteiger partial charge in [0.1, 0.15) is 0 Å². The van der Waals surface area contributed by atoms with Crippen molar-refractivity contribution in [1.29, 1.82) is 0 Å². The molecule has 2 rings (SSSR count). The highest BCUT2D eigenvalue weighted by molar-refractivity contribution is 7.89. The van der Waals surface area contributed by atoms with Crippen molar-refractivity contribution in [2.45, 2.75) is 25.2 Å². The summed E-state index contributed by atoms with van der Waals surface area (Å²) in [4.78, 5) is 15.4. The Kier molecular flexibility index (Phi) is 5.06. The van der Waals surface area contributed by atoms with Crippen LogP contribution in [-0.4, -0.2) is 37.7 Å². The van der Waals surface area contributed by atoms with Crippen LogP contribution < -0.4 is 11.5 Å². The van der Waals surface area contributed by atoms with Crippen molar-refractivity contribution in [3.8, 4) is 0 Å². The minimum atomic E-state index is -3.64. The van der Waals surface area contributed by atoms with Crippen LogP contribution in [0.25, 0.3) is 0 Å². The maximum absolute atomic E-state index is 12.8. The molecule has 1 aliphatic rings. The van der Waals surface area contributed by atoms with Gasteiger partial charge in [-0.05, 0) is 36.5 Å². The number of hydrogen-bond donors (Lipinski definition) is 2. The predicted molar refractivity (Wildman–Crippen MR) is 88.3 cm³/mol. The van der Waals surface area contributed by atoms with E-state index in [9.17, 15) is 13.2 Å². The van der Waals surface area contributed by atoms with Crippen molar-refractivity contribution in [3.05, 3.63) is 29.8 Å². The fraction of sp³-hybridized carbons (Fsp3) is 0.467. The van der Waals surface area contributed by atoms with Crippen LogP contribution in [0, 0.1) is 11.8 Å². The minimum absolute atomic E-state index is 0.0791. The first-order valence-corrected chi connectivity index (χ1v) is 8.88. The van der Waals surface area contributed by atoms with Gasteiger partial charge in [0, 0.05) is 18.7 Å². The van der Waals surface area contributed by atoms with E-state index in [2.05, 4.69) is 4.99 Å². The first kappa shape index (κ1) is 17.4. The van der Waals surface area contributed by atoms with Gasteiger partial charge in [-0.25, -0.2) is 8.42 Å². The molecule has 1 aromatic carbocycles. The average Bonchev–Trinajstić information content (AvgIpc) is 2.45. The molecule has 23 heavy (non-hydrogen) atoms. The van der Waals surface area contributed by atoms with Crippen LogP contribution in [0.4, 0.5) is 0 Å². The monoisotopic (exact) mass is 338 g/mol. The summed E-state index contributed by atoms with van der Waals surface area (Å²) in [7, 11) is -3.64. The molecule has 4 N–H and O–H groups in total. The third kappa shape index (κ3) is 4.08. The van der Waals surface area contributed by atoms with Crippen molar-refractivity contribution in [2.24, 2.45) is 28.3 Å². The van der Waals surface area contributed by atoms with E-state index in [4.69, 9.17) is 11.5 Å². The van der Waals surface area contributed by atoms with Crippen molar-refractivity contribution < 1.29 is 13.2 Å². The number of nitrogens with two attached hydrogens (primary N) is 2. The molecular weight excluding hydrogens is 316 g/mol. The highest BCUT2D eigenvalue weighted by atomic mass is 32.2. The Bertz CT molecular complexity index is 716. The first-order valence-electron chi connectivity index (χ1n) is 7.44. The summed E-state index contributed by atoms with van der Waals surface area (Å²) in [5.74, 6) is -0.413. The summed E-state index contributed by atoms with van der Waals surface area (Å²) in [6, 6.07) is 5.79. The van der Waals surface area contributed by atoms with Gasteiger partial charge in [-0.3, -0.25) is 4.79 Å². The molecule has 1 saturated heterocycles. The molecule has 0 radical (unpaired) electrons. The number of benzene rings is 1. The number of amides is 1. The van der Waals surface area contributed by atoms with Gasteiger partial charge in [-0.2, -0.15) is 9.30 Å². The second-order valence-corrected chi connectivity index (χ2v) is 8.08. The number of guanidine groups is 1. The van der Waals surface area contributed by atoms with E-state index in [1.807, 2.05) is 13.8 Å². The molecule has 1 heterocycles. The standard InChI is InChI=1S/C15H22N4O3S/c1-10-6-11(2)9-19(8-10)23(21,22)13-5-3-4-12(7-13)14(20)18-15(16)17/h3-5,7,10-11H,6,8-9H2,1-2H3,(H4,16,17,18,20). The van der Waals surface area contributed by atoms with Crippen molar-refractivity contribution >= 4 is 21.9 Å². The fourth-order valence-electron chi connectivity index (χ4n) is 2.92. The zero-order chi connectivity index (χ0) is 17.2. The second-order valence-electron chi connectivity index (χ2n) is 6.14. The van der Waals surface area contributed by atoms with Crippen molar-refractivity contribution in [1.82, 2.24) is 4.31 Å². The van der Waals surface area contributed by atoms with Crippen LogP contribution in [0.2, 0.25) is 0 Å². The first-order chi connectivity index (χ1) is 10.7. The maximum atomic E-state index is 12.8. The molecular formula is C15H22N4O3S. The summed E-state index contributed by atoms with van der Waals surface area (Å²) < 4.78 is 27.1. The maximum Gasteiger partial charge on any atom is 0.280 e. The van der Waals surface area contributed by atoms with Gasteiger partial charge in [-0.1, -0.05) is 19.9 Å². The average molecular weight is 338 g/mol. The van der Waals surface area contributed by atoms with E-state index in [1.54, 1.807) is 0 Å². The predicted octanol–water partition coefficient (Wildman–Crippen LogP) is 0.767. The molecule has 2 unspecified atom stereocenters. The molecule has 7 nitrogen and oxygen atoms in total. The van der Waals surface area contributed by atoms with E-state index in [-0.39, 0.29) is 16.4 Å². The number of carbonyl (C=O) groups excluding carboxylic acids is 1. The molecule has 2 atom stereocenters. The number of sulfonamides is 1. The van der Waals surface area contributed by atoms with Crippen LogP contribution in [0.5, 0.6) is 0 Å². The Morgan fingerprint density at radius 1 is 1.22 bits per heavy atom. The lowest BCUT2D eigenvalue weighted by atomic mass is 9.94. The summed E-state index contributed by atoms with van der Waals surface area (Å²) in [6.45, 7) is 5.05. The molecule has 1 fully saturated rings. The molecule has 0 aromatic heterocycles. The largest absolute Gasteiger partial charge is 0.370 e. The molecule has 0 saturated carbocycles. The lowest BCUT2D eigenvalue weighted by Gasteiger charge is -2.34. The Labute approximate surface area is 136 Å². The topological polar surface area (TPSA) is 119 Å². The fourth-order valence-corrected chi connectivity index (χ4v) is 4.65. The second kappa shape index (κ2) is 6.67. The van der Waals surface area contributed by atoms with E-state index in [0.29, 0.717) is 24.9 Å². The summed E-state index contributed by atoms with van der Waals surface area (Å²) in [5, 5.41) is 0. The van der Waals surface area contributed by atoms with Crippen LogP contribution >= 0.6 is 0 Å². The number of carbonyl (C=O) groups is 1. The van der Waals surface area contributed by atoms with Gasteiger partial charge in [0.2, 0.25) is 10.0 Å². The molecule has 0 aliphatic carbocycles. The number of nitrogens with zero attached hydrogens (tertiary/aromatic N) is 2. The Morgan fingerprint density at radius 2 is 1.83 bits per heavy atom. The molecule has 1 amide bonds. The lowest BCUT2D eigenvalue weighted by molar-refractivity contribution is 0.100. The van der Waals surface area contributed by atoms with Gasteiger partial charge in [0.15, 0.2) is 5.96 Å². The summed E-state index contributed by atoms with van der Waals surface area (Å²) in [6.07, 6.45) is 1.01. The lowest BCUT2D eigenvalue weighted by Crippen LogP contribution is -2.42. The van der Waals surface area contributed by atoms with Gasteiger partial charge in [0.05, 0.1) is 4.90 Å². The molecule has 126 valence electrons. The van der Waals surface area contributed by atoms with Crippen LogP contribution in [0.1, 0.15) is 30.6 Å². The van der Waals surface area contributed by atoms with Crippen molar-refractivity contribution in [2.75, 3.05) is 13.1 Å². The van der Waals surface area contributed by atoms with Gasteiger partial charge >= 0.3 is 0 Å². The van der Waals surface area contributed by atoms with E-state index in [0.717, 1.165) is 6.42 Å². The molecule has 0 spiro atoms. The molecule has 8 heteroatoms. The van der Waals surface area contributed by atoms with Crippen molar-refractivity contribution in [3.63, 3.8) is 0 Å². The number of hydrogen-bond acceptors (Lipinski definition) is 3. The smallest absolute Gasteiger partial charge is 0.280 e. The Balaban J connectivity index is 2.33. The molecule has 0 bridgehead atoms. The zero-order valence-corrected chi connectivity index (χ0v) is 14.1. The van der Waals surface area contributed by atoms with E-state index >= 15 is 0 Å². The highest BCUT2D eigenvalue weighted by Crippen LogP contribution is 2.27.